The first kappa shape index (κ1) is 22.1. The lowest BCUT2D eigenvalue weighted by atomic mass is 9.85. The summed E-state index contributed by atoms with van der Waals surface area (Å²) >= 11 is 0. The van der Waals surface area contributed by atoms with Crippen LogP contribution in [0.5, 0.6) is 5.75 Å². The second-order valence-corrected chi connectivity index (χ2v) is 8.58. The van der Waals surface area contributed by atoms with Gasteiger partial charge >= 0.3 is 0 Å². The van der Waals surface area contributed by atoms with Gasteiger partial charge in [-0.05, 0) is 36.3 Å². The van der Waals surface area contributed by atoms with Gasteiger partial charge in [0.05, 0.1) is 18.4 Å². The Morgan fingerprint density at radius 2 is 1.84 bits per heavy atom. The van der Waals surface area contributed by atoms with E-state index in [9.17, 15) is 9.59 Å². The van der Waals surface area contributed by atoms with Gasteiger partial charge in [0.15, 0.2) is 5.96 Å². The molecule has 2 amide bonds. The molecule has 1 aromatic rings. The fraction of sp³-hybridized carbons (Fsp3) is 0.522. The minimum atomic E-state index is -0.126. The summed E-state index contributed by atoms with van der Waals surface area (Å²) in [6, 6.07) is 8.15. The first-order valence-corrected chi connectivity index (χ1v) is 10.9. The number of fused-ring (bicyclic) bond motifs is 6. The Labute approximate surface area is 199 Å². The number of likely N-dealkylation sites (tertiary alicyclic amines) is 1. The highest BCUT2D eigenvalue weighted by molar-refractivity contribution is 14.0. The number of aliphatic imine (C=N–C) groups is 1. The molecule has 7 nitrogen and oxygen atoms in total. The Morgan fingerprint density at radius 3 is 2.55 bits per heavy atom. The molecule has 2 fully saturated rings. The third-order valence-electron chi connectivity index (χ3n) is 7.01. The number of guanidine groups is 1. The molecule has 1 saturated carbocycles. The minimum Gasteiger partial charge on any atom is -0.493 e. The van der Waals surface area contributed by atoms with E-state index in [1.807, 2.05) is 18.2 Å². The molecular weight excluding hydrogens is 507 g/mol. The molecule has 1 aromatic carbocycles. The Bertz CT molecular complexity index is 888. The van der Waals surface area contributed by atoms with E-state index < -0.39 is 0 Å². The number of allylic oxidation sites excluding steroid dienone is 2. The average molecular weight is 536 g/mol. The molecule has 2 aliphatic carbocycles. The third kappa shape index (κ3) is 3.94. The Balaban J connectivity index is 0.00000231. The largest absolute Gasteiger partial charge is 0.493 e. The van der Waals surface area contributed by atoms with Crippen molar-refractivity contribution in [3.8, 4) is 5.75 Å². The number of imide groups is 1. The molecule has 0 radical (unpaired) electrons. The molecule has 0 aromatic heterocycles. The van der Waals surface area contributed by atoms with Crippen LogP contribution in [0, 0.1) is 23.7 Å². The van der Waals surface area contributed by atoms with Crippen LogP contribution < -0.4 is 15.4 Å². The van der Waals surface area contributed by atoms with Crippen molar-refractivity contribution in [3.05, 3.63) is 42.0 Å². The average Bonchev–Trinajstić information content (AvgIpc) is 3.45. The first-order valence-electron chi connectivity index (χ1n) is 10.9. The number of nitrogens with zero attached hydrogens (tertiary/aromatic N) is 2. The zero-order chi connectivity index (χ0) is 20.7. The highest BCUT2D eigenvalue weighted by Gasteiger charge is 2.58. The van der Waals surface area contributed by atoms with Gasteiger partial charge in [-0.1, -0.05) is 30.4 Å². The quantitative estimate of drug-likeness (QED) is 0.198. The Kier molecular flexibility index (Phi) is 6.55. The van der Waals surface area contributed by atoms with Gasteiger partial charge in [0.25, 0.3) is 0 Å². The van der Waals surface area contributed by atoms with E-state index in [4.69, 9.17) is 4.74 Å². The van der Waals surface area contributed by atoms with Gasteiger partial charge in [-0.3, -0.25) is 19.5 Å². The van der Waals surface area contributed by atoms with Crippen molar-refractivity contribution in [2.45, 2.75) is 18.8 Å². The van der Waals surface area contributed by atoms with Crippen LogP contribution in [0.3, 0.4) is 0 Å². The van der Waals surface area contributed by atoms with E-state index in [-0.39, 0.29) is 59.5 Å². The molecule has 2 aliphatic heterocycles. The second kappa shape index (κ2) is 9.18. The predicted molar refractivity (Wildman–Crippen MR) is 129 cm³/mol. The summed E-state index contributed by atoms with van der Waals surface area (Å²) < 4.78 is 5.73. The lowest BCUT2D eigenvalue weighted by Gasteiger charge is -2.26. The minimum absolute atomic E-state index is 0. The summed E-state index contributed by atoms with van der Waals surface area (Å²) in [6.07, 6.45) is 6.17. The number of rotatable bonds is 5. The van der Waals surface area contributed by atoms with Crippen LogP contribution in [0.15, 0.2) is 41.4 Å². The van der Waals surface area contributed by atoms with Gasteiger partial charge in [0.1, 0.15) is 5.75 Å². The molecule has 1 saturated heterocycles. The molecular formula is C23H29IN4O3. The van der Waals surface area contributed by atoms with Crippen molar-refractivity contribution in [1.82, 2.24) is 15.5 Å². The summed E-state index contributed by atoms with van der Waals surface area (Å²) in [4.78, 5) is 31.3. The first-order chi connectivity index (χ1) is 14.7. The van der Waals surface area contributed by atoms with Crippen molar-refractivity contribution in [1.29, 1.82) is 0 Å². The topological polar surface area (TPSA) is 83.0 Å². The van der Waals surface area contributed by atoms with Gasteiger partial charge < -0.3 is 15.4 Å². The molecule has 31 heavy (non-hydrogen) atoms. The van der Waals surface area contributed by atoms with Crippen LogP contribution in [0.25, 0.3) is 0 Å². The van der Waals surface area contributed by atoms with E-state index in [0.29, 0.717) is 31.6 Å². The summed E-state index contributed by atoms with van der Waals surface area (Å²) in [5, 5.41) is 6.63. The number of amides is 2. The smallest absolute Gasteiger partial charge is 0.233 e. The zero-order valence-electron chi connectivity index (χ0n) is 17.6. The highest BCUT2D eigenvalue weighted by Crippen LogP contribution is 2.52. The normalized spacial score (nSPS) is 30.5. The number of carbonyl (C=O) groups excluding carboxylic acids is 2. The summed E-state index contributed by atoms with van der Waals surface area (Å²) in [7, 11) is 1.73. The fourth-order valence-corrected chi connectivity index (χ4v) is 5.54. The summed E-state index contributed by atoms with van der Waals surface area (Å²) in [5.41, 5.74) is 1.22. The zero-order valence-corrected chi connectivity index (χ0v) is 20.0. The van der Waals surface area contributed by atoms with Crippen LogP contribution in [0.2, 0.25) is 0 Å². The maximum Gasteiger partial charge on any atom is 0.233 e. The monoisotopic (exact) mass is 536 g/mol. The van der Waals surface area contributed by atoms with Crippen LogP contribution in [0.1, 0.15) is 24.3 Å². The molecule has 5 unspecified atom stereocenters. The third-order valence-corrected chi connectivity index (χ3v) is 7.01. The molecule has 5 rings (SSSR count). The van der Waals surface area contributed by atoms with Crippen LogP contribution >= 0.6 is 24.0 Å². The number of para-hydroxylation sites is 1. The summed E-state index contributed by atoms with van der Waals surface area (Å²) in [5.74, 6) is 2.27. The number of ether oxygens (including phenoxy) is 1. The van der Waals surface area contributed by atoms with Crippen LogP contribution in [0.4, 0.5) is 0 Å². The molecule has 2 N–H and O–H groups in total. The standard InChI is InChI=1S/C23H28N4O3.HI/c1-24-23(26-13-16-8-11-30-18-5-3-2-4-17(16)18)25-9-10-27-21(28)19-14-6-7-15(12-14)20(19)22(27)29;/h2-7,14-16,19-20H,8-13H2,1H3,(H2,24,25,26);1H. The fourth-order valence-electron chi connectivity index (χ4n) is 5.54. The highest BCUT2D eigenvalue weighted by atomic mass is 127. The van der Waals surface area contributed by atoms with Crippen molar-refractivity contribution in [3.63, 3.8) is 0 Å². The number of hydrogen-bond acceptors (Lipinski definition) is 4. The van der Waals surface area contributed by atoms with Crippen molar-refractivity contribution in [2.24, 2.45) is 28.7 Å². The molecule has 0 spiro atoms. The second-order valence-electron chi connectivity index (χ2n) is 8.58. The number of carbonyl (C=O) groups is 2. The number of nitrogens with one attached hydrogen (secondary N) is 2. The molecule has 5 atom stereocenters. The summed E-state index contributed by atoms with van der Waals surface area (Å²) in [6.45, 7) is 2.34. The van der Waals surface area contributed by atoms with Crippen molar-refractivity contribution >= 4 is 41.8 Å². The van der Waals surface area contributed by atoms with Crippen molar-refractivity contribution < 1.29 is 14.3 Å². The van der Waals surface area contributed by atoms with E-state index in [0.717, 1.165) is 25.1 Å². The van der Waals surface area contributed by atoms with Crippen LogP contribution in [-0.2, 0) is 9.59 Å². The molecule has 166 valence electrons. The Hall–Kier alpha value is -2.10. The van der Waals surface area contributed by atoms with E-state index in [1.54, 1.807) is 7.05 Å². The van der Waals surface area contributed by atoms with Crippen LogP contribution in [-0.4, -0.2) is 56.0 Å². The number of hydrogen-bond donors (Lipinski definition) is 2. The van der Waals surface area contributed by atoms with Gasteiger partial charge in [-0.25, -0.2) is 0 Å². The van der Waals surface area contributed by atoms with Gasteiger partial charge in [0, 0.05) is 32.6 Å². The van der Waals surface area contributed by atoms with Gasteiger partial charge in [-0.15, -0.1) is 24.0 Å². The lowest BCUT2D eigenvalue weighted by molar-refractivity contribution is -0.140. The molecule has 2 heterocycles. The number of halogens is 1. The maximum absolute atomic E-state index is 12.8. The maximum atomic E-state index is 12.8. The molecule has 2 bridgehead atoms. The Morgan fingerprint density at radius 1 is 1.13 bits per heavy atom. The molecule has 8 heteroatoms. The van der Waals surface area contributed by atoms with E-state index in [2.05, 4.69) is 33.8 Å². The predicted octanol–water partition coefficient (Wildman–Crippen LogP) is 2.14. The van der Waals surface area contributed by atoms with E-state index in [1.165, 1.54) is 10.5 Å². The lowest BCUT2D eigenvalue weighted by Crippen LogP contribution is -2.44. The molecule has 4 aliphatic rings. The van der Waals surface area contributed by atoms with Gasteiger partial charge in [-0.2, -0.15) is 0 Å². The van der Waals surface area contributed by atoms with E-state index >= 15 is 0 Å². The number of benzene rings is 1. The van der Waals surface area contributed by atoms with Crippen molar-refractivity contribution in [2.75, 3.05) is 33.3 Å². The SMILES string of the molecule is CN=C(NCCN1C(=O)C2C3C=CC(C3)C2C1=O)NCC1CCOc2ccccc21.I. The van der Waals surface area contributed by atoms with Gasteiger partial charge in [0.2, 0.25) is 11.8 Å².